The zero-order chi connectivity index (χ0) is 30.3. The summed E-state index contributed by atoms with van der Waals surface area (Å²) in [6, 6.07) is 26.8. The average molecular weight is 653 g/mol. The summed E-state index contributed by atoms with van der Waals surface area (Å²) in [6.45, 7) is 1.28. The van der Waals surface area contributed by atoms with Crippen molar-refractivity contribution in [1.29, 1.82) is 0 Å². The fraction of sp³-hybridized carbons (Fsp3) is 0.188. The molecule has 4 aromatic carbocycles. The molecule has 0 fully saturated rings. The quantitative estimate of drug-likeness (QED) is 0.233. The number of amides is 2. The van der Waals surface area contributed by atoms with Gasteiger partial charge in [0.05, 0.1) is 10.6 Å². The number of hydrogen-bond donors (Lipinski definition) is 1. The Kier molecular flexibility index (Phi) is 10.1. The normalized spacial score (nSPS) is 11.9. The third kappa shape index (κ3) is 7.63. The molecule has 4 aromatic rings. The number of rotatable bonds is 11. The molecule has 0 saturated heterocycles. The Morgan fingerprint density at radius 1 is 0.857 bits per heavy atom. The maximum atomic E-state index is 14.2. The molecule has 0 saturated carbocycles. The first-order valence-corrected chi connectivity index (χ1v) is 15.5. The third-order valence-corrected chi connectivity index (χ3v) is 9.10. The van der Waals surface area contributed by atoms with Gasteiger partial charge in [-0.25, -0.2) is 12.8 Å². The van der Waals surface area contributed by atoms with Crippen LogP contribution in [-0.2, 0) is 32.6 Å². The van der Waals surface area contributed by atoms with Crippen LogP contribution in [0, 0.1) is 12.7 Å². The van der Waals surface area contributed by atoms with E-state index in [2.05, 4.69) is 21.2 Å². The Bertz CT molecular complexity index is 1620. The van der Waals surface area contributed by atoms with Gasteiger partial charge in [-0.15, -0.1) is 0 Å². The van der Waals surface area contributed by atoms with Crippen molar-refractivity contribution < 1.29 is 22.4 Å². The number of halogens is 2. The van der Waals surface area contributed by atoms with Crippen LogP contribution in [0.1, 0.15) is 16.7 Å². The zero-order valence-corrected chi connectivity index (χ0v) is 25.6. The molecule has 0 heterocycles. The summed E-state index contributed by atoms with van der Waals surface area (Å²) < 4.78 is 43.5. The largest absolute Gasteiger partial charge is 0.357 e. The molecule has 0 aliphatic rings. The molecule has 1 atom stereocenters. The van der Waals surface area contributed by atoms with Crippen molar-refractivity contribution >= 4 is 43.5 Å². The third-order valence-electron chi connectivity index (χ3n) is 6.79. The molecule has 4 rings (SSSR count). The molecule has 10 heteroatoms. The number of benzene rings is 4. The van der Waals surface area contributed by atoms with Crippen LogP contribution < -0.4 is 9.62 Å². The minimum Gasteiger partial charge on any atom is -0.357 e. The predicted octanol–water partition coefficient (Wildman–Crippen LogP) is 5.48. The topological polar surface area (TPSA) is 86.8 Å². The van der Waals surface area contributed by atoms with E-state index in [9.17, 15) is 22.4 Å². The molecule has 7 nitrogen and oxygen atoms in total. The van der Waals surface area contributed by atoms with Gasteiger partial charge in [-0.2, -0.15) is 0 Å². The molecule has 0 radical (unpaired) electrons. The van der Waals surface area contributed by atoms with Gasteiger partial charge in [0.25, 0.3) is 10.0 Å². The average Bonchev–Trinajstić information content (AvgIpc) is 2.99. The van der Waals surface area contributed by atoms with Crippen LogP contribution in [0.4, 0.5) is 10.1 Å². The van der Waals surface area contributed by atoms with E-state index in [0.29, 0.717) is 0 Å². The first kappa shape index (κ1) is 30.9. The standard InChI is InChI=1S/C32H31BrFN3O4S/c1-23-8-18-29(19-9-23)42(40,41)37(28-16-14-27(34)15-17-28)22-31(38)36(21-25-10-12-26(33)13-11-25)30(32(39)35-2)20-24-6-4-3-5-7-24/h3-19,30H,20-22H2,1-2H3,(H,35,39)/t30-/m0/s1. The second-order valence-electron chi connectivity index (χ2n) is 9.77. The second kappa shape index (κ2) is 13.8. The first-order chi connectivity index (χ1) is 20.1. The number of likely N-dealkylation sites (N-methyl/N-ethyl adjacent to an activating group) is 1. The van der Waals surface area contributed by atoms with E-state index in [0.717, 1.165) is 37.6 Å². The first-order valence-electron chi connectivity index (χ1n) is 13.2. The van der Waals surface area contributed by atoms with Crippen molar-refractivity contribution in [1.82, 2.24) is 10.2 Å². The summed E-state index contributed by atoms with van der Waals surface area (Å²) in [5.74, 6) is -1.53. The van der Waals surface area contributed by atoms with Crippen molar-refractivity contribution in [2.75, 3.05) is 17.9 Å². The van der Waals surface area contributed by atoms with Crippen molar-refractivity contribution in [3.05, 3.63) is 130 Å². The maximum absolute atomic E-state index is 14.2. The van der Waals surface area contributed by atoms with Crippen molar-refractivity contribution in [2.45, 2.75) is 30.8 Å². The van der Waals surface area contributed by atoms with Gasteiger partial charge in [-0.05, 0) is 66.6 Å². The fourth-order valence-corrected chi connectivity index (χ4v) is 6.16. The predicted molar refractivity (Wildman–Crippen MR) is 165 cm³/mol. The van der Waals surface area contributed by atoms with Gasteiger partial charge in [-0.1, -0.05) is 76.1 Å². The minimum atomic E-state index is -4.24. The van der Waals surface area contributed by atoms with Gasteiger partial charge >= 0.3 is 0 Å². The highest BCUT2D eigenvalue weighted by Crippen LogP contribution is 2.26. The molecule has 0 unspecified atom stereocenters. The summed E-state index contributed by atoms with van der Waals surface area (Å²) in [6.07, 6.45) is 0.212. The van der Waals surface area contributed by atoms with E-state index in [1.54, 1.807) is 12.1 Å². The number of carbonyl (C=O) groups excluding carboxylic acids is 2. The Labute approximate surface area is 254 Å². The lowest BCUT2D eigenvalue weighted by molar-refractivity contribution is -0.139. The number of anilines is 1. The fourth-order valence-electron chi connectivity index (χ4n) is 4.48. The summed E-state index contributed by atoms with van der Waals surface area (Å²) in [5, 5.41) is 2.65. The monoisotopic (exact) mass is 651 g/mol. The lowest BCUT2D eigenvalue weighted by Gasteiger charge is -2.33. The molecular formula is C32H31BrFN3O4S. The van der Waals surface area contributed by atoms with Gasteiger partial charge in [0.1, 0.15) is 18.4 Å². The highest BCUT2D eigenvalue weighted by Gasteiger charge is 2.34. The van der Waals surface area contributed by atoms with Crippen LogP contribution in [0.25, 0.3) is 0 Å². The highest BCUT2D eigenvalue weighted by molar-refractivity contribution is 9.10. The van der Waals surface area contributed by atoms with E-state index < -0.39 is 34.3 Å². The van der Waals surface area contributed by atoms with Crippen LogP contribution in [0.2, 0.25) is 0 Å². The highest BCUT2D eigenvalue weighted by atomic mass is 79.9. The van der Waals surface area contributed by atoms with Crippen LogP contribution >= 0.6 is 15.9 Å². The molecule has 0 aliphatic carbocycles. The number of nitrogens with zero attached hydrogens (tertiary/aromatic N) is 2. The molecule has 2 amide bonds. The van der Waals surface area contributed by atoms with E-state index in [-0.39, 0.29) is 29.5 Å². The Balaban J connectivity index is 1.77. The Hall–Kier alpha value is -4.02. The number of sulfonamides is 1. The smallest absolute Gasteiger partial charge is 0.264 e. The van der Waals surface area contributed by atoms with E-state index in [4.69, 9.17) is 0 Å². The van der Waals surface area contributed by atoms with Gasteiger partial charge in [0, 0.05) is 24.5 Å². The summed E-state index contributed by atoms with van der Waals surface area (Å²) in [7, 11) is -2.75. The SMILES string of the molecule is CNC(=O)[C@H](Cc1ccccc1)N(Cc1ccc(Br)cc1)C(=O)CN(c1ccc(F)cc1)S(=O)(=O)c1ccc(C)cc1. The van der Waals surface area contributed by atoms with Gasteiger partial charge in [0.15, 0.2) is 0 Å². The number of nitrogens with one attached hydrogen (secondary N) is 1. The molecule has 0 bridgehead atoms. The zero-order valence-electron chi connectivity index (χ0n) is 23.2. The number of hydrogen-bond acceptors (Lipinski definition) is 4. The van der Waals surface area contributed by atoms with Crippen molar-refractivity contribution in [2.24, 2.45) is 0 Å². The maximum Gasteiger partial charge on any atom is 0.264 e. The van der Waals surface area contributed by atoms with E-state index in [1.165, 1.54) is 36.2 Å². The summed E-state index contributed by atoms with van der Waals surface area (Å²) in [5.41, 5.74) is 2.58. The van der Waals surface area contributed by atoms with Crippen LogP contribution in [0.5, 0.6) is 0 Å². The van der Waals surface area contributed by atoms with Crippen LogP contribution in [0.3, 0.4) is 0 Å². The molecule has 42 heavy (non-hydrogen) atoms. The van der Waals surface area contributed by atoms with E-state index in [1.807, 2.05) is 61.5 Å². The number of carbonyl (C=O) groups is 2. The molecule has 1 N–H and O–H groups in total. The molecule has 0 aliphatic heterocycles. The van der Waals surface area contributed by atoms with Gasteiger partial charge < -0.3 is 10.2 Å². The molecule has 0 spiro atoms. The van der Waals surface area contributed by atoms with Crippen molar-refractivity contribution in [3.63, 3.8) is 0 Å². The Morgan fingerprint density at radius 2 is 1.48 bits per heavy atom. The molecular weight excluding hydrogens is 621 g/mol. The summed E-state index contributed by atoms with van der Waals surface area (Å²) in [4.78, 5) is 28.9. The number of aryl methyl sites for hydroxylation is 1. The molecule has 218 valence electrons. The van der Waals surface area contributed by atoms with E-state index >= 15 is 0 Å². The van der Waals surface area contributed by atoms with Crippen molar-refractivity contribution in [3.8, 4) is 0 Å². The second-order valence-corrected chi connectivity index (χ2v) is 12.5. The van der Waals surface area contributed by atoms with Crippen LogP contribution in [0.15, 0.2) is 112 Å². The lowest BCUT2D eigenvalue weighted by atomic mass is 10.0. The summed E-state index contributed by atoms with van der Waals surface area (Å²) >= 11 is 3.42. The minimum absolute atomic E-state index is 0.0168. The van der Waals surface area contributed by atoms with Gasteiger partial charge in [-0.3, -0.25) is 13.9 Å². The molecule has 0 aromatic heterocycles. The van der Waals surface area contributed by atoms with Crippen LogP contribution in [-0.4, -0.2) is 44.8 Å². The Morgan fingerprint density at radius 3 is 2.07 bits per heavy atom. The lowest BCUT2D eigenvalue weighted by Crippen LogP contribution is -2.53. The van der Waals surface area contributed by atoms with Gasteiger partial charge in [0.2, 0.25) is 11.8 Å².